The number of halogens is 1. The molecule has 0 saturated carbocycles. The maximum Gasteiger partial charge on any atom is 0.0897 e. The maximum atomic E-state index is 11.4. The summed E-state index contributed by atoms with van der Waals surface area (Å²) in [6.07, 6.45) is 1.52. The van der Waals surface area contributed by atoms with Gasteiger partial charge in [-0.1, -0.05) is 20.3 Å². The monoisotopic (exact) mass is 103 g/mol. The van der Waals surface area contributed by atoms with Crippen molar-refractivity contribution in [3.63, 3.8) is 0 Å². The van der Waals surface area contributed by atoms with Gasteiger partial charge < -0.3 is 0 Å². The predicted molar refractivity (Wildman–Crippen MR) is 29.7 cm³/mol. The highest BCUT2D eigenvalue weighted by Crippen LogP contribution is 2.04. The predicted octanol–water partition coefficient (Wildman–Crippen LogP) is 2.21. The van der Waals surface area contributed by atoms with Gasteiger partial charge in [-0.15, -0.1) is 0 Å². The Morgan fingerprint density at radius 3 is 2.43 bits per heavy atom. The number of hydrogen-bond acceptors (Lipinski definition) is 0. The zero-order chi connectivity index (χ0) is 5.70. The second-order valence-electron chi connectivity index (χ2n) is 1.87. The van der Waals surface area contributed by atoms with Crippen molar-refractivity contribution in [1.82, 2.24) is 0 Å². The van der Waals surface area contributed by atoms with E-state index in [1.54, 1.807) is 0 Å². The molecule has 0 rings (SSSR count). The lowest BCUT2D eigenvalue weighted by Crippen LogP contribution is -1.91. The number of hydrogen-bond donors (Lipinski definition) is 0. The van der Waals surface area contributed by atoms with Crippen LogP contribution >= 0.6 is 0 Å². The molecule has 0 aromatic rings. The molecule has 0 aliphatic carbocycles. The lowest BCUT2D eigenvalue weighted by Gasteiger charge is -2.00. The number of rotatable bonds is 3. The highest BCUT2D eigenvalue weighted by molar-refractivity contribution is 4.51. The Hall–Kier alpha value is -0.0700. The van der Waals surface area contributed by atoms with Gasteiger partial charge in [-0.05, 0) is 12.3 Å². The molecule has 0 bridgehead atoms. The Morgan fingerprint density at radius 1 is 1.71 bits per heavy atom. The highest BCUT2D eigenvalue weighted by Gasteiger charge is 1.94. The zero-order valence-corrected chi connectivity index (χ0v) is 4.78. The molecule has 0 aromatic carbocycles. The van der Waals surface area contributed by atoms with Gasteiger partial charge >= 0.3 is 0 Å². The summed E-state index contributed by atoms with van der Waals surface area (Å²) in [5, 5.41) is 0. The van der Waals surface area contributed by atoms with E-state index in [1.807, 2.05) is 6.92 Å². The van der Waals surface area contributed by atoms with Gasteiger partial charge in [0.25, 0.3) is 0 Å². The van der Waals surface area contributed by atoms with Gasteiger partial charge in [-0.2, -0.15) is 0 Å². The summed E-state index contributed by atoms with van der Waals surface area (Å²) in [6.45, 7) is 5.45. The van der Waals surface area contributed by atoms with Crippen LogP contribution in [0.25, 0.3) is 0 Å². The Morgan fingerprint density at radius 2 is 2.29 bits per heavy atom. The van der Waals surface area contributed by atoms with E-state index in [2.05, 4.69) is 6.92 Å². The first-order valence-corrected chi connectivity index (χ1v) is 2.66. The van der Waals surface area contributed by atoms with Gasteiger partial charge in [0.2, 0.25) is 0 Å². The van der Waals surface area contributed by atoms with Crippen molar-refractivity contribution in [2.24, 2.45) is 5.92 Å². The van der Waals surface area contributed by atoms with Crippen molar-refractivity contribution in [3.05, 3.63) is 6.92 Å². The minimum atomic E-state index is -0.198. The maximum absolute atomic E-state index is 11.4. The lowest BCUT2D eigenvalue weighted by atomic mass is 10.1. The molecule has 1 heteroatoms. The Kier molecular flexibility index (Phi) is 4.06. The van der Waals surface area contributed by atoms with E-state index in [4.69, 9.17) is 0 Å². The molecule has 0 heterocycles. The molecule has 0 nitrogen and oxygen atoms in total. The molecule has 43 valence electrons. The van der Waals surface area contributed by atoms with E-state index >= 15 is 0 Å². The molecule has 0 fully saturated rings. The van der Waals surface area contributed by atoms with E-state index in [1.165, 1.54) is 0 Å². The fourth-order valence-electron chi connectivity index (χ4n) is 0.331. The van der Waals surface area contributed by atoms with E-state index in [0.717, 1.165) is 6.42 Å². The highest BCUT2D eigenvalue weighted by atomic mass is 19.1. The molecule has 0 amide bonds. The summed E-state index contributed by atoms with van der Waals surface area (Å²) in [5.74, 6) is 0.463. The van der Waals surface area contributed by atoms with Gasteiger partial charge in [0.05, 0.1) is 6.67 Å². The summed E-state index contributed by atoms with van der Waals surface area (Å²) < 4.78 is 11.4. The molecule has 0 aliphatic heterocycles. The van der Waals surface area contributed by atoms with E-state index in [9.17, 15) is 4.39 Å². The molecule has 0 aromatic heterocycles. The van der Waals surface area contributed by atoms with E-state index in [-0.39, 0.29) is 6.67 Å². The van der Waals surface area contributed by atoms with Crippen molar-refractivity contribution in [1.29, 1.82) is 0 Å². The summed E-state index contributed by atoms with van der Waals surface area (Å²) >= 11 is 0. The van der Waals surface area contributed by atoms with Crippen LogP contribution in [-0.4, -0.2) is 6.67 Å². The van der Waals surface area contributed by atoms with Crippen LogP contribution < -0.4 is 0 Å². The van der Waals surface area contributed by atoms with Crippen LogP contribution in [-0.2, 0) is 0 Å². The van der Waals surface area contributed by atoms with Crippen LogP contribution in [0, 0.1) is 12.8 Å². The quantitative estimate of drug-likeness (QED) is 0.513. The molecular weight excluding hydrogens is 91.1 g/mol. The Bertz CT molecular complexity index is 35.2. The minimum absolute atomic E-state index is 0.198. The fraction of sp³-hybridized carbons (Fsp3) is 0.833. The third kappa shape index (κ3) is 3.77. The van der Waals surface area contributed by atoms with Crippen molar-refractivity contribution in [3.8, 4) is 0 Å². The molecule has 1 radical (unpaired) electrons. The van der Waals surface area contributed by atoms with Gasteiger partial charge in [0.15, 0.2) is 0 Å². The largest absolute Gasteiger partial charge is 0.251 e. The third-order valence-corrected chi connectivity index (χ3v) is 1.09. The lowest BCUT2D eigenvalue weighted by molar-refractivity contribution is 0.405. The average molecular weight is 103 g/mol. The van der Waals surface area contributed by atoms with Gasteiger partial charge in [-0.25, -0.2) is 0 Å². The van der Waals surface area contributed by atoms with Crippen LogP contribution in [0.1, 0.15) is 19.8 Å². The van der Waals surface area contributed by atoms with Crippen LogP contribution in [0.5, 0.6) is 0 Å². The Balaban J connectivity index is 2.83. The molecule has 0 N–H and O–H groups in total. The average Bonchev–Trinajstić information content (AvgIpc) is 1.68. The summed E-state index contributed by atoms with van der Waals surface area (Å²) in [6, 6.07) is 0. The Labute approximate surface area is 44.7 Å². The molecular formula is C6H12F. The summed E-state index contributed by atoms with van der Waals surface area (Å²) in [7, 11) is 0. The topological polar surface area (TPSA) is 0 Å². The number of alkyl halides is 1. The van der Waals surface area contributed by atoms with E-state index < -0.39 is 0 Å². The van der Waals surface area contributed by atoms with Crippen LogP contribution in [0.3, 0.4) is 0 Å². The van der Waals surface area contributed by atoms with Gasteiger partial charge in [0.1, 0.15) is 0 Å². The van der Waals surface area contributed by atoms with Crippen LogP contribution in [0.4, 0.5) is 4.39 Å². The smallest absolute Gasteiger partial charge is 0.0897 e. The van der Waals surface area contributed by atoms with Gasteiger partial charge in [0, 0.05) is 0 Å². The second-order valence-corrected chi connectivity index (χ2v) is 1.87. The van der Waals surface area contributed by atoms with Crippen molar-refractivity contribution >= 4 is 0 Å². The standard InChI is InChI=1S/C6H12F/c1-3-6(2)4-5-7/h6H,1,3-5H2,2H3. The molecule has 1 atom stereocenters. The first-order valence-electron chi connectivity index (χ1n) is 2.66. The van der Waals surface area contributed by atoms with E-state index in [0.29, 0.717) is 12.3 Å². The SMILES string of the molecule is [CH2]CC(C)CCF. The molecule has 7 heavy (non-hydrogen) atoms. The third-order valence-electron chi connectivity index (χ3n) is 1.09. The molecule has 0 saturated heterocycles. The normalized spacial score (nSPS) is 14.1. The van der Waals surface area contributed by atoms with Crippen LogP contribution in [0.15, 0.2) is 0 Å². The summed E-state index contributed by atoms with van der Waals surface area (Å²) in [4.78, 5) is 0. The minimum Gasteiger partial charge on any atom is -0.251 e. The first kappa shape index (κ1) is 6.93. The van der Waals surface area contributed by atoms with Crippen molar-refractivity contribution in [2.45, 2.75) is 19.8 Å². The van der Waals surface area contributed by atoms with Crippen molar-refractivity contribution < 1.29 is 4.39 Å². The van der Waals surface area contributed by atoms with Crippen molar-refractivity contribution in [2.75, 3.05) is 6.67 Å². The summed E-state index contributed by atoms with van der Waals surface area (Å²) in [5.41, 5.74) is 0. The zero-order valence-electron chi connectivity index (χ0n) is 4.78. The molecule has 1 unspecified atom stereocenters. The first-order chi connectivity index (χ1) is 3.31. The molecule has 0 aliphatic rings. The second kappa shape index (κ2) is 4.10. The fourth-order valence-corrected chi connectivity index (χ4v) is 0.331. The van der Waals surface area contributed by atoms with Gasteiger partial charge in [-0.3, -0.25) is 4.39 Å². The molecule has 0 spiro atoms. The van der Waals surface area contributed by atoms with Crippen LogP contribution in [0.2, 0.25) is 0 Å².